The predicted molar refractivity (Wildman–Crippen MR) is 55.1 cm³/mol. The fourth-order valence-corrected chi connectivity index (χ4v) is 1.56. The van der Waals surface area contributed by atoms with Gasteiger partial charge in [0.15, 0.2) is 0 Å². The van der Waals surface area contributed by atoms with E-state index in [0.29, 0.717) is 11.3 Å². The van der Waals surface area contributed by atoms with Crippen LogP contribution in [0.2, 0.25) is 0 Å². The van der Waals surface area contributed by atoms with Gasteiger partial charge in [-0.2, -0.15) is 0 Å². The van der Waals surface area contributed by atoms with E-state index in [0.717, 1.165) is 9.13 Å². The number of hydrogen-bond acceptors (Lipinski definition) is 1. The van der Waals surface area contributed by atoms with Crippen LogP contribution in [-0.4, -0.2) is 7.11 Å². The summed E-state index contributed by atoms with van der Waals surface area (Å²) in [5.41, 5.74) is 1.69. The summed E-state index contributed by atoms with van der Waals surface area (Å²) in [5.74, 6) is 0.407. The zero-order valence-electron chi connectivity index (χ0n) is 7.24. The fourth-order valence-electron chi connectivity index (χ4n) is 1.04. The molecule has 0 aromatic heterocycles. The first kappa shape index (κ1) is 9.77. The topological polar surface area (TPSA) is 9.23 Å². The average molecular weight is 280 g/mol. The highest BCUT2D eigenvalue weighted by atomic mass is 127. The van der Waals surface area contributed by atoms with Crippen molar-refractivity contribution in [3.8, 4) is 5.75 Å². The lowest BCUT2D eigenvalue weighted by Crippen LogP contribution is -1.95. The molecule has 0 amide bonds. The summed E-state index contributed by atoms with van der Waals surface area (Å²) >= 11 is 2.12. The van der Waals surface area contributed by atoms with E-state index in [1.807, 2.05) is 6.92 Å². The minimum absolute atomic E-state index is 0.207. The first-order valence-corrected chi connectivity index (χ1v) is 4.65. The molecule has 0 saturated carbocycles. The molecular weight excluding hydrogens is 270 g/mol. The first-order valence-electron chi connectivity index (χ1n) is 3.57. The van der Waals surface area contributed by atoms with Crippen LogP contribution in [0.5, 0.6) is 5.75 Å². The number of benzene rings is 1. The molecule has 66 valence electrons. The highest BCUT2D eigenvalue weighted by molar-refractivity contribution is 14.1. The minimum Gasteiger partial charge on any atom is -0.496 e. The molecule has 0 saturated heterocycles. The molecule has 0 spiro atoms. The molecule has 1 nitrogen and oxygen atoms in total. The lowest BCUT2D eigenvalue weighted by Gasteiger charge is -2.09. The third-order valence-electron chi connectivity index (χ3n) is 1.86. The zero-order chi connectivity index (χ0) is 9.30. The number of ether oxygens (including phenoxy) is 1. The summed E-state index contributed by atoms with van der Waals surface area (Å²) in [5, 5.41) is 0. The van der Waals surface area contributed by atoms with Crippen LogP contribution in [0.3, 0.4) is 0 Å². The SMILES string of the molecule is COc1cc(F)c(C)c(I)c1C. The molecule has 1 aromatic carbocycles. The van der Waals surface area contributed by atoms with Gasteiger partial charge in [0.2, 0.25) is 0 Å². The molecule has 0 N–H and O–H groups in total. The molecule has 0 bridgehead atoms. The van der Waals surface area contributed by atoms with Crippen molar-refractivity contribution >= 4 is 22.6 Å². The molecule has 0 aliphatic heterocycles. The van der Waals surface area contributed by atoms with Gasteiger partial charge < -0.3 is 4.74 Å². The van der Waals surface area contributed by atoms with E-state index in [-0.39, 0.29) is 5.82 Å². The second-order valence-electron chi connectivity index (χ2n) is 2.62. The second kappa shape index (κ2) is 3.60. The van der Waals surface area contributed by atoms with Gasteiger partial charge in [-0.15, -0.1) is 0 Å². The van der Waals surface area contributed by atoms with Gasteiger partial charge in [-0.3, -0.25) is 0 Å². The molecule has 1 aromatic rings. The van der Waals surface area contributed by atoms with Crippen molar-refractivity contribution in [1.82, 2.24) is 0 Å². The minimum atomic E-state index is -0.207. The lowest BCUT2D eigenvalue weighted by atomic mass is 10.1. The van der Waals surface area contributed by atoms with Gasteiger partial charge in [0.05, 0.1) is 7.11 Å². The van der Waals surface area contributed by atoms with Crippen molar-refractivity contribution in [3.05, 3.63) is 26.6 Å². The quantitative estimate of drug-likeness (QED) is 0.718. The van der Waals surface area contributed by atoms with Crippen LogP contribution in [0.1, 0.15) is 11.1 Å². The molecule has 0 fully saturated rings. The molecule has 0 unspecified atom stereocenters. The van der Waals surface area contributed by atoms with Crippen LogP contribution in [0, 0.1) is 23.2 Å². The third-order valence-corrected chi connectivity index (χ3v) is 3.48. The van der Waals surface area contributed by atoms with Gasteiger partial charge in [-0.05, 0) is 42.0 Å². The van der Waals surface area contributed by atoms with Crippen LogP contribution in [0.25, 0.3) is 0 Å². The predicted octanol–water partition coefficient (Wildman–Crippen LogP) is 3.06. The van der Waals surface area contributed by atoms with Crippen molar-refractivity contribution in [2.75, 3.05) is 7.11 Å². The molecule has 0 heterocycles. The Labute approximate surface area is 85.1 Å². The molecule has 1 rings (SSSR count). The third kappa shape index (κ3) is 1.55. The summed E-state index contributed by atoms with van der Waals surface area (Å²) in [6, 6.07) is 1.42. The largest absolute Gasteiger partial charge is 0.496 e. The van der Waals surface area contributed by atoms with Gasteiger partial charge >= 0.3 is 0 Å². The normalized spacial score (nSPS) is 10.1. The standard InChI is InChI=1S/C9H10FIO/c1-5-7(10)4-8(12-3)6(2)9(5)11/h4H,1-3H3. The Hall–Kier alpha value is -0.320. The number of hydrogen-bond donors (Lipinski definition) is 0. The smallest absolute Gasteiger partial charge is 0.130 e. The highest BCUT2D eigenvalue weighted by Crippen LogP contribution is 2.27. The number of halogens is 2. The maximum atomic E-state index is 13.1. The van der Waals surface area contributed by atoms with Gasteiger partial charge in [0.25, 0.3) is 0 Å². The maximum Gasteiger partial charge on any atom is 0.130 e. The summed E-state index contributed by atoms with van der Waals surface area (Å²) in [6.07, 6.45) is 0. The van der Waals surface area contributed by atoms with Crippen LogP contribution in [0.4, 0.5) is 4.39 Å². The Kier molecular flexibility index (Phi) is 2.93. The Bertz CT molecular complexity index is 310. The molecular formula is C9H10FIO. The molecule has 3 heteroatoms. The van der Waals surface area contributed by atoms with Crippen molar-refractivity contribution < 1.29 is 9.13 Å². The van der Waals surface area contributed by atoms with Crippen LogP contribution in [0.15, 0.2) is 6.07 Å². The van der Waals surface area contributed by atoms with E-state index >= 15 is 0 Å². The summed E-state index contributed by atoms with van der Waals surface area (Å²) in [4.78, 5) is 0. The number of rotatable bonds is 1. The van der Waals surface area contributed by atoms with Crippen molar-refractivity contribution in [3.63, 3.8) is 0 Å². The van der Waals surface area contributed by atoms with E-state index in [2.05, 4.69) is 22.6 Å². The highest BCUT2D eigenvalue weighted by Gasteiger charge is 2.09. The monoisotopic (exact) mass is 280 g/mol. The molecule has 0 aliphatic rings. The molecule has 0 atom stereocenters. The Morgan fingerprint density at radius 3 is 2.42 bits per heavy atom. The summed E-state index contributed by atoms with van der Waals surface area (Å²) in [7, 11) is 1.55. The van der Waals surface area contributed by atoms with Gasteiger partial charge in [0, 0.05) is 15.2 Å². The van der Waals surface area contributed by atoms with Gasteiger partial charge in [-0.25, -0.2) is 4.39 Å². The van der Waals surface area contributed by atoms with Crippen molar-refractivity contribution in [2.24, 2.45) is 0 Å². The molecule has 0 aliphatic carbocycles. The summed E-state index contributed by atoms with van der Waals surface area (Å²) < 4.78 is 19.1. The Morgan fingerprint density at radius 2 is 1.92 bits per heavy atom. The van der Waals surface area contributed by atoms with E-state index in [1.54, 1.807) is 14.0 Å². The Morgan fingerprint density at radius 1 is 1.33 bits per heavy atom. The average Bonchev–Trinajstić information content (AvgIpc) is 2.08. The fraction of sp³-hybridized carbons (Fsp3) is 0.333. The molecule has 0 radical (unpaired) electrons. The molecule has 12 heavy (non-hydrogen) atoms. The van der Waals surface area contributed by atoms with E-state index in [4.69, 9.17) is 4.74 Å². The first-order chi connectivity index (χ1) is 5.57. The van der Waals surface area contributed by atoms with E-state index < -0.39 is 0 Å². The lowest BCUT2D eigenvalue weighted by molar-refractivity contribution is 0.407. The van der Waals surface area contributed by atoms with E-state index in [9.17, 15) is 4.39 Å². The summed E-state index contributed by atoms with van der Waals surface area (Å²) in [6.45, 7) is 3.69. The Balaban J connectivity index is 3.39. The second-order valence-corrected chi connectivity index (χ2v) is 3.70. The van der Waals surface area contributed by atoms with Gasteiger partial charge in [-0.1, -0.05) is 0 Å². The van der Waals surface area contributed by atoms with Crippen LogP contribution < -0.4 is 4.74 Å². The van der Waals surface area contributed by atoms with Crippen molar-refractivity contribution in [1.29, 1.82) is 0 Å². The van der Waals surface area contributed by atoms with Gasteiger partial charge in [0.1, 0.15) is 11.6 Å². The maximum absolute atomic E-state index is 13.1. The van der Waals surface area contributed by atoms with Crippen LogP contribution >= 0.6 is 22.6 Å². The van der Waals surface area contributed by atoms with E-state index in [1.165, 1.54) is 6.07 Å². The number of methoxy groups -OCH3 is 1. The van der Waals surface area contributed by atoms with Crippen LogP contribution in [-0.2, 0) is 0 Å². The van der Waals surface area contributed by atoms with Crippen molar-refractivity contribution in [2.45, 2.75) is 13.8 Å². The zero-order valence-corrected chi connectivity index (χ0v) is 9.40.